The number of benzene rings is 2. The van der Waals surface area contributed by atoms with E-state index < -0.39 is 22.8 Å². The average Bonchev–Trinajstić information content (AvgIpc) is 2.74. The van der Waals surface area contributed by atoms with Crippen molar-refractivity contribution in [3.63, 3.8) is 0 Å². The van der Waals surface area contributed by atoms with E-state index in [0.29, 0.717) is 13.1 Å². The van der Waals surface area contributed by atoms with Gasteiger partial charge < -0.3 is 4.90 Å². The smallest absolute Gasteiger partial charge is 0.337 e. The van der Waals surface area contributed by atoms with Gasteiger partial charge in [0, 0.05) is 13.1 Å². The average molecular weight is 386 g/mol. The second-order valence-electron chi connectivity index (χ2n) is 5.87. The molecule has 0 saturated carbocycles. The third kappa shape index (κ3) is 3.37. The van der Waals surface area contributed by atoms with Crippen molar-refractivity contribution in [3.05, 3.63) is 48.0 Å². The van der Waals surface area contributed by atoms with Crippen LogP contribution in [0.2, 0.25) is 0 Å². The van der Waals surface area contributed by atoms with Crippen LogP contribution in [0.4, 0.5) is 13.2 Å². The van der Waals surface area contributed by atoms with Crippen molar-refractivity contribution in [3.8, 4) is 0 Å². The summed E-state index contributed by atoms with van der Waals surface area (Å²) in [4.78, 5) is 13.9. The molecule has 1 fully saturated rings. The minimum absolute atomic E-state index is 0.163. The van der Waals surface area contributed by atoms with Gasteiger partial charge in [0.05, 0.1) is 6.42 Å². The SMILES string of the molecule is O=C1N(Cc2cccc3ccccc23)CCC1(Br)CC(F)(F)F. The van der Waals surface area contributed by atoms with Gasteiger partial charge in [0.25, 0.3) is 0 Å². The predicted octanol–water partition coefficient (Wildman–Crippen LogP) is 4.66. The Morgan fingerprint density at radius 3 is 2.57 bits per heavy atom. The van der Waals surface area contributed by atoms with Crippen LogP contribution in [-0.4, -0.2) is 27.9 Å². The number of likely N-dealkylation sites (tertiary alicyclic amines) is 1. The zero-order valence-corrected chi connectivity index (χ0v) is 13.8. The second-order valence-corrected chi connectivity index (χ2v) is 7.39. The molecule has 0 bridgehead atoms. The summed E-state index contributed by atoms with van der Waals surface area (Å²) in [5.74, 6) is -0.484. The first-order chi connectivity index (χ1) is 10.8. The zero-order valence-electron chi connectivity index (χ0n) is 12.2. The van der Waals surface area contributed by atoms with Gasteiger partial charge in [-0.15, -0.1) is 0 Å². The zero-order chi connectivity index (χ0) is 16.7. The quantitative estimate of drug-likeness (QED) is 0.703. The summed E-state index contributed by atoms with van der Waals surface area (Å²) in [5, 5.41) is 2.07. The molecular weight excluding hydrogens is 371 g/mol. The van der Waals surface area contributed by atoms with Gasteiger partial charge in [0.15, 0.2) is 0 Å². The molecule has 1 aliphatic rings. The summed E-state index contributed by atoms with van der Waals surface area (Å²) >= 11 is 3.04. The van der Waals surface area contributed by atoms with E-state index in [4.69, 9.17) is 0 Å². The van der Waals surface area contributed by atoms with Gasteiger partial charge in [-0.05, 0) is 22.8 Å². The fourth-order valence-electron chi connectivity index (χ4n) is 3.07. The van der Waals surface area contributed by atoms with Gasteiger partial charge in [-0.1, -0.05) is 58.4 Å². The standard InChI is InChI=1S/C17H15BrF3NO/c18-16(11-17(19,20)21)8-9-22(15(16)23)10-13-6-3-5-12-4-1-2-7-14(12)13/h1-7H,8-11H2. The molecule has 2 aromatic carbocycles. The summed E-state index contributed by atoms with van der Waals surface area (Å²) in [7, 11) is 0. The number of amides is 1. The number of alkyl halides is 4. The summed E-state index contributed by atoms with van der Waals surface area (Å²) in [6.07, 6.45) is -5.34. The largest absolute Gasteiger partial charge is 0.390 e. The van der Waals surface area contributed by atoms with E-state index in [1.165, 1.54) is 4.90 Å². The first kappa shape index (κ1) is 16.3. The van der Waals surface area contributed by atoms with Gasteiger partial charge >= 0.3 is 6.18 Å². The minimum Gasteiger partial charge on any atom is -0.337 e. The van der Waals surface area contributed by atoms with Crippen LogP contribution in [-0.2, 0) is 11.3 Å². The van der Waals surface area contributed by atoms with Crippen LogP contribution in [0.5, 0.6) is 0 Å². The lowest BCUT2D eigenvalue weighted by Gasteiger charge is -2.23. The molecule has 6 heteroatoms. The Hall–Kier alpha value is -1.56. The van der Waals surface area contributed by atoms with E-state index >= 15 is 0 Å². The number of halogens is 4. The maximum atomic E-state index is 12.7. The number of fused-ring (bicyclic) bond motifs is 1. The van der Waals surface area contributed by atoms with Crippen molar-refractivity contribution >= 4 is 32.6 Å². The Bertz CT molecular complexity index is 741. The van der Waals surface area contributed by atoms with Crippen molar-refractivity contribution in [2.24, 2.45) is 0 Å². The van der Waals surface area contributed by atoms with Crippen molar-refractivity contribution in [2.45, 2.75) is 29.9 Å². The highest BCUT2D eigenvalue weighted by atomic mass is 79.9. The number of rotatable bonds is 3. The van der Waals surface area contributed by atoms with Crippen molar-refractivity contribution in [1.82, 2.24) is 4.90 Å². The molecule has 0 radical (unpaired) electrons. The van der Waals surface area contributed by atoms with E-state index in [0.717, 1.165) is 16.3 Å². The van der Waals surface area contributed by atoms with Gasteiger partial charge in [0.2, 0.25) is 5.91 Å². The molecule has 1 saturated heterocycles. The molecule has 0 aromatic heterocycles. The second kappa shape index (κ2) is 5.82. The maximum Gasteiger partial charge on any atom is 0.390 e. The van der Waals surface area contributed by atoms with Crippen LogP contribution >= 0.6 is 15.9 Å². The topological polar surface area (TPSA) is 20.3 Å². The molecule has 2 nitrogen and oxygen atoms in total. The highest BCUT2D eigenvalue weighted by molar-refractivity contribution is 9.10. The summed E-state index contributed by atoms with van der Waals surface area (Å²) in [6, 6.07) is 13.6. The van der Waals surface area contributed by atoms with E-state index in [-0.39, 0.29) is 6.42 Å². The fourth-order valence-corrected chi connectivity index (χ4v) is 3.82. The van der Waals surface area contributed by atoms with Crippen molar-refractivity contribution in [2.75, 3.05) is 6.54 Å². The Kier molecular flexibility index (Phi) is 4.12. The summed E-state index contributed by atoms with van der Waals surface area (Å²) in [5.41, 5.74) is 0.945. The Morgan fingerprint density at radius 2 is 1.83 bits per heavy atom. The van der Waals surface area contributed by atoms with Crippen LogP contribution in [0, 0.1) is 0 Å². The number of hydrogen-bond acceptors (Lipinski definition) is 1. The third-order valence-corrected chi connectivity index (χ3v) is 5.19. The highest BCUT2D eigenvalue weighted by Crippen LogP contribution is 2.41. The molecule has 0 spiro atoms. The molecule has 0 aliphatic carbocycles. The van der Waals surface area contributed by atoms with Crippen LogP contribution in [0.1, 0.15) is 18.4 Å². The molecule has 1 unspecified atom stereocenters. The first-order valence-corrected chi connectivity index (χ1v) is 8.09. The van der Waals surface area contributed by atoms with Crippen molar-refractivity contribution in [1.29, 1.82) is 0 Å². The van der Waals surface area contributed by atoms with Gasteiger partial charge in [-0.25, -0.2) is 0 Å². The lowest BCUT2D eigenvalue weighted by molar-refractivity contribution is -0.150. The summed E-state index contributed by atoms with van der Waals surface area (Å²) in [6.45, 7) is 0.648. The Balaban J connectivity index is 1.83. The molecule has 1 heterocycles. The lowest BCUT2D eigenvalue weighted by atomic mass is 10.0. The van der Waals surface area contributed by atoms with Crippen LogP contribution in [0.15, 0.2) is 42.5 Å². The summed E-state index contributed by atoms with van der Waals surface area (Å²) < 4.78 is 36.5. The predicted molar refractivity (Wildman–Crippen MR) is 86.3 cm³/mol. The van der Waals surface area contributed by atoms with Crippen LogP contribution in [0.3, 0.4) is 0 Å². The van der Waals surface area contributed by atoms with Gasteiger partial charge in [-0.2, -0.15) is 13.2 Å². The molecule has 1 atom stereocenters. The van der Waals surface area contributed by atoms with E-state index in [1.54, 1.807) is 0 Å². The van der Waals surface area contributed by atoms with Gasteiger partial charge in [-0.3, -0.25) is 4.79 Å². The Morgan fingerprint density at radius 1 is 1.13 bits per heavy atom. The maximum absolute atomic E-state index is 12.7. The molecule has 1 amide bonds. The number of nitrogens with zero attached hydrogens (tertiary/aromatic N) is 1. The molecule has 0 N–H and O–H groups in total. The third-order valence-electron chi connectivity index (χ3n) is 4.17. The first-order valence-electron chi connectivity index (χ1n) is 7.30. The Labute approximate surface area is 140 Å². The number of carbonyl (C=O) groups is 1. The van der Waals surface area contributed by atoms with Gasteiger partial charge in [0.1, 0.15) is 4.32 Å². The van der Waals surface area contributed by atoms with Crippen LogP contribution in [0.25, 0.3) is 10.8 Å². The minimum atomic E-state index is -4.37. The molecule has 122 valence electrons. The monoisotopic (exact) mass is 385 g/mol. The molecule has 1 aliphatic heterocycles. The van der Waals surface area contributed by atoms with Crippen molar-refractivity contribution < 1.29 is 18.0 Å². The molecule has 23 heavy (non-hydrogen) atoms. The van der Waals surface area contributed by atoms with E-state index in [2.05, 4.69) is 15.9 Å². The molecule has 2 aromatic rings. The fraction of sp³-hybridized carbons (Fsp3) is 0.353. The molecular formula is C17H15BrF3NO. The van der Waals surface area contributed by atoms with E-state index in [1.807, 2.05) is 42.5 Å². The number of hydrogen-bond donors (Lipinski definition) is 0. The highest BCUT2D eigenvalue weighted by Gasteiger charge is 2.51. The van der Waals surface area contributed by atoms with E-state index in [9.17, 15) is 18.0 Å². The van der Waals surface area contributed by atoms with Crippen LogP contribution < -0.4 is 0 Å². The normalized spacial score (nSPS) is 22.1. The molecule has 3 rings (SSSR count). The lowest BCUT2D eigenvalue weighted by Crippen LogP contribution is -2.38. The number of carbonyl (C=O) groups excluding carboxylic acids is 1.